The lowest BCUT2D eigenvalue weighted by atomic mass is 9.87. The van der Waals surface area contributed by atoms with E-state index < -0.39 is 23.2 Å². The van der Waals surface area contributed by atoms with Gasteiger partial charge in [0.2, 0.25) is 0 Å². The maximum atomic E-state index is 11.6. The van der Waals surface area contributed by atoms with Crippen molar-refractivity contribution < 1.29 is 19.4 Å². The molecule has 0 radical (unpaired) electrons. The van der Waals surface area contributed by atoms with Gasteiger partial charge in [0.1, 0.15) is 11.4 Å². The molecular formula is C13H27N3O4. The van der Waals surface area contributed by atoms with Crippen molar-refractivity contribution in [3.8, 4) is 0 Å². The lowest BCUT2D eigenvalue weighted by Crippen LogP contribution is -2.59. The van der Waals surface area contributed by atoms with Gasteiger partial charge in [0.15, 0.2) is 0 Å². The van der Waals surface area contributed by atoms with Crippen LogP contribution in [0.2, 0.25) is 0 Å². The monoisotopic (exact) mass is 289 g/mol. The molecule has 1 atom stereocenters. The van der Waals surface area contributed by atoms with Gasteiger partial charge in [0.05, 0.1) is 5.54 Å². The van der Waals surface area contributed by atoms with Gasteiger partial charge >= 0.3 is 6.09 Å². The van der Waals surface area contributed by atoms with Crippen molar-refractivity contribution in [3.05, 3.63) is 0 Å². The lowest BCUT2D eigenvalue weighted by Gasteiger charge is -2.34. The highest BCUT2D eigenvalue weighted by molar-refractivity contribution is 5.90. The van der Waals surface area contributed by atoms with E-state index >= 15 is 0 Å². The normalized spacial score (nSPS) is 13.6. The molecule has 0 aromatic rings. The van der Waals surface area contributed by atoms with E-state index in [0.29, 0.717) is 0 Å². The van der Waals surface area contributed by atoms with Gasteiger partial charge in [-0.05, 0) is 33.6 Å². The second-order valence-corrected chi connectivity index (χ2v) is 5.92. The van der Waals surface area contributed by atoms with Crippen LogP contribution in [-0.2, 0) is 9.53 Å². The van der Waals surface area contributed by atoms with Gasteiger partial charge in [-0.1, -0.05) is 13.8 Å². The molecule has 7 heteroatoms. The maximum Gasteiger partial charge on any atom is 0.408 e. The van der Waals surface area contributed by atoms with Gasteiger partial charge in [-0.15, -0.1) is 0 Å². The van der Waals surface area contributed by atoms with Crippen molar-refractivity contribution in [2.45, 2.75) is 59.6 Å². The second-order valence-electron chi connectivity index (χ2n) is 5.92. The van der Waals surface area contributed by atoms with Crippen LogP contribution in [-0.4, -0.2) is 34.1 Å². The van der Waals surface area contributed by atoms with Crippen LogP contribution in [0.3, 0.4) is 0 Å². The van der Waals surface area contributed by atoms with Crippen LogP contribution in [0.5, 0.6) is 0 Å². The number of hydrogen-bond acceptors (Lipinski definition) is 4. The van der Waals surface area contributed by atoms with Crippen LogP contribution >= 0.6 is 0 Å². The molecule has 0 aliphatic heterocycles. The Morgan fingerprint density at radius 1 is 1.25 bits per heavy atom. The minimum Gasteiger partial charge on any atom is -0.481 e. The number of ether oxygens (including phenoxy) is 1. The molecule has 0 bridgehead atoms. The van der Waals surface area contributed by atoms with Crippen molar-refractivity contribution >= 4 is 17.9 Å². The Balaban J connectivity index is 0. The number of carbonyl (C=O) groups is 2. The van der Waals surface area contributed by atoms with Crippen molar-refractivity contribution in [1.82, 2.24) is 5.32 Å². The van der Waals surface area contributed by atoms with Crippen LogP contribution in [0.25, 0.3) is 0 Å². The molecule has 118 valence electrons. The zero-order valence-corrected chi connectivity index (χ0v) is 13.3. The quantitative estimate of drug-likeness (QED) is 0.466. The second kappa shape index (κ2) is 7.72. The first-order valence-electron chi connectivity index (χ1n) is 6.27. The molecule has 0 aromatic carbocycles. The fraction of sp³-hybridized carbons (Fsp3) is 0.769. The van der Waals surface area contributed by atoms with E-state index in [9.17, 15) is 4.79 Å². The Bertz CT molecular complexity index is 357. The van der Waals surface area contributed by atoms with Gasteiger partial charge in [-0.25, -0.2) is 4.79 Å². The average molecular weight is 289 g/mol. The number of amides is 1. The fourth-order valence-corrected chi connectivity index (χ4v) is 1.04. The van der Waals surface area contributed by atoms with E-state index in [1.807, 2.05) is 13.8 Å². The summed E-state index contributed by atoms with van der Waals surface area (Å²) < 4.78 is 5.13. The van der Waals surface area contributed by atoms with Gasteiger partial charge in [-0.2, -0.15) is 0 Å². The van der Waals surface area contributed by atoms with Gasteiger partial charge in [0, 0.05) is 6.92 Å². The van der Waals surface area contributed by atoms with Crippen LogP contribution in [0.1, 0.15) is 48.5 Å². The Labute approximate surface area is 120 Å². The number of amidine groups is 1. The van der Waals surface area contributed by atoms with Crippen molar-refractivity contribution in [2.24, 2.45) is 11.7 Å². The molecule has 1 amide bonds. The van der Waals surface area contributed by atoms with E-state index in [0.717, 1.165) is 6.92 Å². The first kappa shape index (κ1) is 20.5. The predicted molar refractivity (Wildman–Crippen MR) is 77.8 cm³/mol. The number of nitrogens with two attached hydrogens (primary N) is 1. The molecule has 20 heavy (non-hydrogen) atoms. The van der Waals surface area contributed by atoms with Crippen LogP contribution in [0.4, 0.5) is 4.79 Å². The number of alkyl carbamates (subject to hydrolysis) is 1. The molecule has 0 saturated carbocycles. The number of carboxylic acid groups (broad SMARTS) is 1. The third-order valence-corrected chi connectivity index (χ3v) is 2.47. The third-order valence-electron chi connectivity index (χ3n) is 2.47. The Morgan fingerprint density at radius 2 is 1.60 bits per heavy atom. The highest BCUT2D eigenvalue weighted by Crippen LogP contribution is 2.17. The Kier molecular flexibility index (Phi) is 7.92. The van der Waals surface area contributed by atoms with Gasteiger partial charge < -0.3 is 20.9 Å². The van der Waals surface area contributed by atoms with Gasteiger partial charge in [-0.3, -0.25) is 10.2 Å². The summed E-state index contributed by atoms with van der Waals surface area (Å²) in [6.45, 7) is 11.9. The molecule has 0 aromatic heterocycles. The van der Waals surface area contributed by atoms with E-state index in [-0.39, 0.29) is 11.8 Å². The number of carboxylic acids is 1. The van der Waals surface area contributed by atoms with Crippen LogP contribution in [0, 0.1) is 11.3 Å². The average Bonchev–Trinajstić information content (AvgIpc) is 2.12. The molecule has 0 heterocycles. The number of nitrogens with one attached hydrogen (secondary N) is 2. The zero-order valence-electron chi connectivity index (χ0n) is 13.3. The summed E-state index contributed by atoms with van der Waals surface area (Å²) in [5.74, 6) is -0.897. The minimum atomic E-state index is -0.873. The van der Waals surface area contributed by atoms with Crippen LogP contribution < -0.4 is 11.1 Å². The largest absolute Gasteiger partial charge is 0.481 e. The smallest absolute Gasteiger partial charge is 0.408 e. The summed E-state index contributed by atoms with van der Waals surface area (Å²) in [6, 6.07) is 0. The number of carbonyl (C=O) groups excluding carboxylic acids is 1. The molecule has 1 unspecified atom stereocenters. The Morgan fingerprint density at radius 3 is 1.80 bits per heavy atom. The van der Waals surface area contributed by atoms with Crippen molar-refractivity contribution in [1.29, 1.82) is 5.41 Å². The summed E-state index contributed by atoms with van der Waals surface area (Å²) in [6.07, 6.45) is -0.557. The summed E-state index contributed by atoms with van der Waals surface area (Å²) in [7, 11) is 0. The summed E-state index contributed by atoms with van der Waals surface area (Å²) in [5.41, 5.74) is 4.07. The highest BCUT2D eigenvalue weighted by atomic mass is 16.6. The molecule has 0 rings (SSSR count). The first-order valence-corrected chi connectivity index (χ1v) is 6.27. The Hall–Kier alpha value is -1.79. The minimum absolute atomic E-state index is 0.0116. The molecule has 0 aliphatic rings. The van der Waals surface area contributed by atoms with Crippen molar-refractivity contribution in [2.75, 3.05) is 0 Å². The maximum absolute atomic E-state index is 11.6. The molecule has 7 nitrogen and oxygen atoms in total. The molecule has 5 N–H and O–H groups in total. The zero-order chi connectivity index (χ0) is 16.7. The summed E-state index contributed by atoms with van der Waals surface area (Å²) in [5, 5.41) is 17.6. The molecule has 0 saturated heterocycles. The highest BCUT2D eigenvalue weighted by Gasteiger charge is 2.35. The summed E-state index contributed by atoms with van der Waals surface area (Å²) in [4.78, 5) is 20.6. The topological polar surface area (TPSA) is 126 Å². The van der Waals surface area contributed by atoms with Crippen LogP contribution in [0.15, 0.2) is 0 Å². The predicted octanol–water partition coefficient (Wildman–Crippen LogP) is 1.95. The number of rotatable bonds is 3. The van der Waals surface area contributed by atoms with Gasteiger partial charge in [0.25, 0.3) is 5.97 Å². The van der Waals surface area contributed by atoms with Crippen molar-refractivity contribution in [3.63, 3.8) is 0 Å². The third kappa shape index (κ3) is 9.18. The number of aliphatic carboxylic acids is 1. The molecular weight excluding hydrogens is 262 g/mol. The first-order chi connectivity index (χ1) is 8.72. The van der Waals surface area contributed by atoms with E-state index in [2.05, 4.69) is 5.32 Å². The van der Waals surface area contributed by atoms with E-state index in [1.54, 1.807) is 27.7 Å². The summed E-state index contributed by atoms with van der Waals surface area (Å²) >= 11 is 0. The molecule has 0 spiro atoms. The number of hydrogen-bond donors (Lipinski definition) is 4. The molecule has 0 aliphatic carbocycles. The SMILES string of the molecule is CC(=O)O.CC(C)C(C)(NC(=O)OC(C)(C)C)C(=N)N. The molecule has 0 fully saturated rings. The van der Waals surface area contributed by atoms with E-state index in [4.69, 9.17) is 25.8 Å². The standard InChI is InChI=1S/C11H23N3O2.C2H4O2/c1-7(2)11(6,8(12)13)14-9(15)16-10(3,4)5;1-2(3)4/h7H,1-6H3,(H3,12,13)(H,14,15);1H3,(H,3,4). The lowest BCUT2D eigenvalue weighted by molar-refractivity contribution is -0.134. The fourth-order valence-electron chi connectivity index (χ4n) is 1.04. The van der Waals surface area contributed by atoms with E-state index in [1.165, 1.54) is 0 Å².